The monoisotopic (exact) mass is 237 g/mol. The fourth-order valence-corrected chi connectivity index (χ4v) is 1.60. The maximum Gasteiger partial charge on any atom is 0.0659 e. The van der Waals surface area contributed by atoms with Crippen LogP contribution in [0.25, 0.3) is 0 Å². The van der Waals surface area contributed by atoms with E-state index in [1.54, 1.807) is 0 Å². The Morgan fingerprint density at radius 1 is 1.41 bits per heavy atom. The Kier molecular flexibility index (Phi) is 5.55. The lowest BCUT2D eigenvalue weighted by Crippen LogP contribution is -2.52. The van der Waals surface area contributed by atoms with Crippen molar-refractivity contribution in [2.75, 3.05) is 26.8 Å². The van der Waals surface area contributed by atoms with E-state index in [1.165, 1.54) is 5.56 Å². The summed E-state index contributed by atoms with van der Waals surface area (Å²) in [6, 6.07) is 4.04. The molecule has 0 aliphatic rings. The van der Waals surface area contributed by atoms with Crippen LogP contribution in [0.15, 0.2) is 24.5 Å². The van der Waals surface area contributed by atoms with Gasteiger partial charge in [0.25, 0.3) is 0 Å². The molecule has 1 atom stereocenters. The van der Waals surface area contributed by atoms with Crippen LogP contribution in [0, 0.1) is 0 Å². The minimum Gasteiger partial charge on any atom is -0.380 e. The van der Waals surface area contributed by atoms with Crippen LogP contribution in [0.2, 0.25) is 0 Å². The smallest absolute Gasteiger partial charge is 0.0659 e. The molecule has 4 heteroatoms. The first-order valence-electron chi connectivity index (χ1n) is 6.00. The summed E-state index contributed by atoms with van der Waals surface area (Å²) in [6.45, 7) is 6.93. The van der Waals surface area contributed by atoms with Crippen LogP contribution in [0.4, 0.5) is 0 Å². The molecule has 0 saturated carbocycles. The van der Waals surface area contributed by atoms with Crippen LogP contribution in [0.1, 0.15) is 19.4 Å². The summed E-state index contributed by atoms with van der Waals surface area (Å²) in [5.74, 6) is 0. The van der Waals surface area contributed by atoms with E-state index in [2.05, 4.69) is 23.9 Å². The number of rotatable bonds is 7. The molecular formula is C13H23N3O. The fraction of sp³-hybridized carbons (Fsp3) is 0.615. The first-order valence-corrected chi connectivity index (χ1v) is 6.00. The van der Waals surface area contributed by atoms with Gasteiger partial charge in [-0.15, -0.1) is 0 Å². The Labute approximate surface area is 104 Å². The lowest BCUT2D eigenvalue weighted by atomic mass is 10.0. The van der Waals surface area contributed by atoms with Crippen molar-refractivity contribution >= 4 is 0 Å². The van der Waals surface area contributed by atoms with E-state index in [1.807, 2.05) is 31.5 Å². The molecule has 0 aromatic carbocycles. The van der Waals surface area contributed by atoms with Crippen molar-refractivity contribution in [3.63, 3.8) is 0 Å². The average molecular weight is 237 g/mol. The zero-order chi connectivity index (χ0) is 12.7. The van der Waals surface area contributed by atoms with Crippen molar-refractivity contribution in [2.24, 2.45) is 5.73 Å². The highest BCUT2D eigenvalue weighted by Crippen LogP contribution is 2.15. The van der Waals surface area contributed by atoms with Gasteiger partial charge in [-0.25, -0.2) is 0 Å². The normalized spacial score (nSPS) is 14.9. The summed E-state index contributed by atoms with van der Waals surface area (Å²) >= 11 is 0. The van der Waals surface area contributed by atoms with Crippen LogP contribution in [0.5, 0.6) is 0 Å². The van der Waals surface area contributed by atoms with Crippen LogP contribution in [-0.2, 0) is 11.3 Å². The largest absolute Gasteiger partial charge is 0.380 e. The fourth-order valence-electron chi connectivity index (χ4n) is 1.60. The van der Waals surface area contributed by atoms with E-state index in [0.717, 1.165) is 13.2 Å². The number of hydrogen-bond donors (Lipinski definition) is 1. The SMILES string of the molecule is CCOCC(C)(CN)N(C)Cc1ccncc1. The third kappa shape index (κ3) is 4.07. The van der Waals surface area contributed by atoms with Crippen molar-refractivity contribution in [1.82, 2.24) is 9.88 Å². The van der Waals surface area contributed by atoms with Gasteiger partial charge >= 0.3 is 0 Å². The van der Waals surface area contributed by atoms with E-state index in [4.69, 9.17) is 10.5 Å². The summed E-state index contributed by atoms with van der Waals surface area (Å²) in [4.78, 5) is 6.25. The lowest BCUT2D eigenvalue weighted by molar-refractivity contribution is 0.0202. The van der Waals surface area contributed by atoms with Crippen molar-refractivity contribution in [3.05, 3.63) is 30.1 Å². The molecule has 0 spiro atoms. The van der Waals surface area contributed by atoms with Crippen molar-refractivity contribution in [1.29, 1.82) is 0 Å². The van der Waals surface area contributed by atoms with Gasteiger partial charge in [-0.3, -0.25) is 9.88 Å². The standard InChI is InChI=1S/C13H23N3O/c1-4-17-11-13(2,10-14)16(3)9-12-5-7-15-8-6-12/h5-8H,4,9-11,14H2,1-3H3. The predicted molar refractivity (Wildman–Crippen MR) is 69.7 cm³/mol. The number of ether oxygens (including phenoxy) is 1. The van der Waals surface area contributed by atoms with E-state index in [9.17, 15) is 0 Å². The van der Waals surface area contributed by atoms with Gasteiger partial charge in [-0.05, 0) is 38.6 Å². The molecule has 0 bridgehead atoms. The van der Waals surface area contributed by atoms with Gasteiger partial charge in [0, 0.05) is 32.1 Å². The molecule has 1 heterocycles. The van der Waals surface area contributed by atoms with Crippen molar-refractivity contribution < 1.29 is 4.74 Å². The van der Waals surface area contributed by atoms with Gasteiger partial charge < -0.3 is 10.5 Å². The number of nitrogens with two attached hydrogens (primary N) is 1. The van der Waals surface area contributed by atoms with Crippen LogP contribution in [0.3, 0.4) is 0 Å². The number of pyridine rings is 1. The summed E-state index contributed by atoms with van der Waals surface area (Å²) in [7, 11) is 2.08. The third-order valence-corrected chi connectivity index (χ3v) is 3.15. The number of aromatic nitrogens is 1. The molecule has 96 valence electrons. The quantitative estimate of drug-likeness (QED) is 0.776. The van der Waals surface area contributed by atoms with E-state index >= 15 is 0 Å². The molecule has 1 rings (SSSR count). The average Bonchev–Trinajstić information content (AvgIpc) is 2.37. The lowest BCUT2D eigenvalue weighted by Gasteiger charge is -2.37. The Bertz CT molecular complexity index is 318. The first kappa shape index (κ1) is 14.1. The van der Waals surface area contributed by atoms with Crippen molar-refractivity contribution in [3.8, 4) is 0 Å². The van der Waals surface area contributed by atoms with Gasteiger partial charge in [-0.2, -0.15) is 0 Å². The zero-order valence-corrected chi connectivity index (χ0v) is 11.0. The highest BCUT2D eigenvalue weighted by molar-refractivity contribution is 5.10. The zero-order valence-electron chi connectivity index (χ0n) is 11.0. The summed E-state index contributed by atoms with van der Waals surface area (Å²) in [6.07, 6.45) is 3.62. The maximum atomic E-state index is 5.87. The Balaban J connectivity index is 2.63. The molecule has 1 aromatic heterocycles. The molecule has 0 fully saturated rings. The minimum absolute atomic E-state index is 0.126. The van der Waals surface area contributed by atoms with Crippen LogP contribution in [-0.4, -0.2) is 42.2 Å². The molecule has 1 aromatic rings. The predicted octanol–water partition coefficient (Wildman–Crippen LogP) is 1.27. The van der Waals surface area contributed by atoms with Gasteiger partial charge in [0.05, 0.1) is 12.1 Å². The highest BCUT2D eigenvalue weighted by atomic mass is 16.5. The highest BCUT2D eigenvalue weighted by Gasteiger charge is 2.27. The summed E-state index contributed by atoms with van der Waals surface area (Å²) in [5, 5.41) is 0. The molecule has 4 nitrogen and oxygen atoms in total. The minimum atomic E-state index is -0.126. The number of hydrogen-bond acceptors (Lipinski definition) is 4. The number of nitrogens with zero attached hydrogens (tertiary/aromatic N) is 2. The maximum absolute atomic E-state index is 5.87. The molecule has 2 N–H and O–H groups in total. The van der Waals surface area contributed by atoms with Gasteiger partial charge in [0.1, 0.15) is 0 Å². The van der Waals surface area contributed by atoms with Gasteiger partial charge in [0.15, 0.2) is 0 Å². The molecule has 1 unspecified atom stereocenters. The van der Waals surface area contributed by atoms with Gasteiger partial charge in [-0.1, -0.05) is 0 Å². The Morgan fingerprint density at radius 3 is 2.59 bits per heavy atom. The summed E-state index contributed by atoms with van der Waals surface area (Å²) < 4.78 is 5.51. The Hall–Kier alpha value is -0.970. The second kappa shape index (κ2) is 6.69. The van der Waals surface area contributed by atoms with E-state index in [-0.39, 0.29) is 5.54 Å². The molecule has 17 heavy (non-hydrogen) atoms. The topological polar surface area (TPSA) is 51.4 Å². The second-order valence-corrected chi connectivity index (χ2v) is 4.55. The van der Waals surface area contributed by atoms with Crippen LogP contribution < -0.4 is 5.73 Å². The molecule has 0 aliphatic heterocycles. The summed E-state index contributed by atoms with van der Waals surface area (Å²) in [5.41, 5.74) is 6.98. The Morgan fingerprint density at radius 2 is 2.06 bits per heavy atom. The molecule has 0 amide bonds. The molecule has 0 aliphatic carbocycles. The van der Waals surface area contributed by atoms with Crippen molar-refractivity contribution in [2.45, 2.75) is 25.9 Å². The van der Waals surface area contributed by atoms with Gasteiger partial charge in [0.2, 0.25) is 0 Å². The first-order chi connectivity index (χ1) is 8.12. The van der Waals surface area contributed by atoms with E-state index in [0.29, 0.717) is 13.2 Å². The molecule has 0 radical (unpaired) electrons. The third-order valence-electron chi connectivity index (χ3n) is 3.15. The second-order valence-electron chi connectivity index (χ2n) is 4.55. The van der Waals surface area contributed by atoms with Crippen LogP contribution >= 0.6 is 0 Å². The molecule has 0 saturated heterocycles. The number of likely N-dealkylation sites (N-methyl/N-ethyl adjacent to an activating group) is 1. The molecular weight excluding hydrogens is 214 g/mol. The van der Waals surface area contributed by atoms with E-state index < -0.39 is 0 Å².